The monoisotopic (exact) mass is 320 g/mol. The minimum Gasteiger partial charge on any atom is -0.351 e. The van der Waals surface area contributed by atoms with Crippen LogP contribution in [0.5, 0.6) is 0 Å². The molecule has 0 aliphatic carbocycles. The molecule has 0 bridgehead atoms. The second-order valence-corrected chi connectivity index (χ2v) is 5.85. The summed E-state index contributed by atoms with van der Waals surface area (Å²) in [5.41, 5.74) is 3.64. The van der Waals surface area contributed by atoms with Gasteiger partial charge in [0, 0.05) is 18.7 Å². The van der Waals surface area contributed by atoms with Crippen molar-refractivity contribution in [1.29, 1.82) is 0 Å². The van der Waals surface area contributed by atoms with Crippen LogP contribution in [-0.4, -0.2) is 48.0 Å². The van der Waals surface area contributed by atoms with Crippen molar-refractivity contribution in [1.82, 2.24) is 20.2 Å². The second kappa shape index (κ2) is 7.19. The maximum atomic E-state index is 12.5. The van der Waals surface area contributed by atoms with Crippen molar-refractivity contribution in [2.75, 3.05) is 27.2 Å². The van der Waals surface area contributed by atoms with E-state index in [4.69, 9.17) is 0 Å². The van der Waals surface area contributed by atoms with Crippen LogP contribution in [0.4, 0.5) is 0 Å². The Labute approximate surface area is 141 Å². The average Bonchev–Trinajstić information content (AvgIpc) is 2.61. The quantitative estimate of drug-likeness (QED) is 0.785. The van der Waals surface area contributed by atoms with Gasteiger partial charge in [-0.15, -0.1) is 0 Å². The number of benzene rings is 2. The highest BCUT2D eigenvalue weighted by Crippen LogP contribution is 2.21. The summed E-state index contributed by atoms with van der Waals surface area (Å²) in [5.74, 6) is -0.123. The molecule has 1 heterocycles. The molecule has 1 N–H and O–H groups in total. The van der Waals surface area contributed by atoms with Crippen molar-refractivity contribution < 1.29 is 4.79 Å². The lowest BCUT2D eigenvalue weighted by Crippen LogP contribution is -2.31. The number of nitrogens with one attached hydrogen (secondary N) is 1. The third-order valence-electron chi connectivity index (χ3n) is 3.73. The van der Waals surface area contributed by atoms with E-state index in [9.17, 15) is 4.79 Å². The minimum atomic E-state index is -0.123. The van der Waals surface area contributed by atoms with Crippen molar-refractivity contribution in [3.05, 3.63) is 60.3 Å². The molecule has 0 radical (unpaired) electrons. The molecule has 1 amide bonds. The van der Waals surface area contributed by atoms with Gasteiger partial charge in [-0.1, -0.05) is 36.4 Å². The summed E-state index contributed by atoms with van der Waals surface area (Å²) in [5, 5.41) is 2.93. The first-order valence-corrected chi connectivity index (χ1v) is 7.89. The van der Waals surface area contributed by atoms with Gasteiger partial charge in [0.15, 0.2) is 0 Å². The summed E-state index contributed by atoms with van der Waals surface area (Å²) >= 11 is 0. The van der Waals surface area contributed by atoms with Crippen molar-refractivity contribution in [2.24, 2.45) is 0 Å². The molecule has 0 aliphatic heterocycles. The van der Waals surface area contributed by atoms with Gasteiger partial charge in [-0.2, -0.15) is 0 Å². The van der Waals surface area contributed by atoms with Gasteiger partial charge in [0.2, 0.25) is 0 Å². The van der Waals surface area contributed by atoms with Crippen molar-refractivity contribution in [2.45, 2.75) is 0 Å². The number of hydrogen-bond acceptors (Lipinski definition) is 4. The zero-order valence-electron chi connectivity index (χ0n) is 13.9. The van der Waals surface area contributed by atoms with E-state index < -0.39 is 0 Å². The van der Waals surface area contributed by atoms with Gasteiger partial charge in [-0.25, -0.2) is 4.98 Å². The van der Waals surface area contributed by atoms with Gasteiger partial charge in [-0.05, 0) is 26.2 Å². The molecule has 24 heavy (non-hydrogen) atoms. The Bertz CT molecular complexity index is 846. The number of para-hydroxylation sites is 1. The zero-order valence-corrected chi connectivity index (χ0v) is 13.9. The molecular weight excluding hydrogens is 300 g/mol. The molecule has 1 aromatic heterocycles. The summed E-state index contributed by atoms with van der Waals surface area (Å²) in [6, 6.07) is 15.3. The molecule has 3 rings (SSSR count). The fourth-order valence-electron chi connectivity index (χ4n) is 2.45. The standard InChI is InChI=1S/C19H20N4O/c1-23(2)12-11-20-19(24)15-9-6-10-16-18(15)22-17(13-21-16)14-7-4-3-5-8-14/h3-10,13H,11-12H2,1-2H3,(H,20,24). The number of carbonyl (C=O) groups is 1. The van der Waals surface area contributed by atoms with Crippen LogP contribution >= 0.6 is 0 Å². The number of fused-ring (bicyclic) bond motifs is 1. The summed E-state index contributed by atoms with van der Waals surface area (Å²) in [6.45, 7) is 1.38. The van der Waals surface area contributed by atoms with Gasteiger partial charge < -0.3 is 10.2 Å². The molecule has 0 aliphatic rings. The number of amides is 1. The van der Waals surface area contributed by atoms with Gasteiger partial charge in [0.25, 0.3) is 5.91 Å². The third kappa shape index (κ3) is 3.58. The van der Waals surface area contributed by atoms with Gasteiger partial charge >= 0.3 is 0 Å². The van der Waals surface area contributed by atoms with Gasteiger partial charge in [0.05, 0.1) is 23.0 Å². The average molecular weight is 320 g/mol. The van der Waals surface area contributed by atoms with Crippen LogP contribution in [0.15, 0.2) is 54.7 Å². The second-order valence-electron chi connectivity index (χ2n) is 5.85. The van der Waals surface area contributed by atoms with Crippen LogP contribution in [0.1, 0.15) is 10.4 Å². The predicted molar refractivity (Wildman–Crippen MR) is 95.9 cm³/mol. The van der Waals surface area contributed by atoms with Crippen molar-refractivity contribution >= 4 is 16.9 Å². The first-order valence-electron chi connectivity index (χ1n) is 7.89. The fourth-order valence-corrected chi connectivity index (χ4v) is 2.45. The summed E-state index contributed by atoms with van der Waals surface area (Å²) in [4.78, 5) is 23.6. The molecule has 0 spiro atoms. The lowest BCUT2D eigenvalue weighted by Gasteiger charge is -2.11. The number of likely N-dealkylation sites (N-methyl/N-ethyl adjacent to an activating group) is 1. The van der Waals surface area contributed by atoms with Crippen molar-refractivity contribution in [3.8, 4) is 11.3 Å². The molecule has 0 fully saturated rings. The van der Waals surface area contributed by atoms with Crippen LogP contribution in [-0.2, 0) is 0 Å². The van der Waals surface area contributed by atoms with E-state index in [0.29, 0.717) is 17.6 Å². The van der Waals surface area contributed by atoms with E-state index >= 15 is 0 Å². The Hall–Kier alpha value is -2.79. The van der Waals surface area contributed by atoms with Crippen LogP contribution < -0.4 is 5.32 Å². The number of aromatic nitrogens is 2. The topological polar surface area (TPSA) is 58.1 Å². The number of carbonyl (C=O) groups excluding carboxylic acids is 1. The first kappa shape index (κ1) is 16.1. The minimum absolute atomic E-state index is 0.123. The lowest BCUT2D eigenvalue weighted by atomic mass is 10.1. The van der Waals surface area contributed by atoms with Crippen molar-refractivity contribution in [3.63, 3.8) is 0 Å². The Balaban J connectivity index is 1.94. The van der Waals surface area contributed by atoms with E-state index in [-0.39, 0.29) is 5.91 Å². The highest BCUT2D eigenvalue weighted by molar-refractivity contribution is 6.04. The molecule has 3 aromatic rings. The molecule has 0 unspecified atom stereocenters. The predicted octanol–water partition coefficient (Wildman–Crippen LogP) is 2.59. The highest BCUT2D eigenvalue weighted by atomic mass is 16.1. The number of rotatable bonds is 5. The van der Waals surface area contributed by atoms with E-state index in [1.54, 1.807) is 12.3 Å². The summed E-state index contributed by atoms with van der Waals surface area (Å²) in [7, 11) is 3.95. The molecule has 5 nitrogen and oxygen atoms in total. The highest BCUT2D eigenvalue weighted by Gasteiger charge is 2.12. The Kier molecular flexibility index (Phi) is 4.82. The maximum absolute atomic E-state index is 12.5. The number of nitrogens with zero attached hydrogens (tertiary/aromatic N) is 3. The Morgan fingerprint density at radius 2 is 1.88 bits per heavy atom. The van der Waals surface area contributed by atoms with E-state index in [0.717, 1.165) is 23.3 Å². The van der Waals surface area contributed by atoms with E-state index in [2.05, 4.69) is 15.3 Å². The van der Waals surface area contributed by atoms with E-state index in [1.165, 1.54) is 0 Å². The summed E-state index contributed by atoms with van der Waals surface area (Å²) < 4.78 is 0. The normalized spacial score (nSPS) is 11.0. The molecule has 5 heteroatoms. The fraction of sp³-hybridized carbons (Fsp3) is 0.211. The van der Waals surface area contributed by atoms with E-state index in [1.807, 2.05) is 61.5 Å². The SMILES string of the molecule is CN(C)CCNC(=O)c1cccc2ncc(-c3ccccc3)nc12. The van der Waals surface area contributed by atoms with Gasteiger partial charge in [0.1, 0.15) is 5.52 Å². The largest absolute Gasteiger partial charge is 0.351 e. The molecular formula is C19H20N4O. The zero-order chi connectivity index (χ0) is 16.9. The third-order valence-corrected chi connectivity index (χ3v) is 3.73. The van der Waals surface area contributed by atoms with Crippen LogP contribution in [0.3, 0.4) is 0 Å². The smallest absolute Gasteiger partial charge is 0.253 e. The Morgan fingerprint density at radius 3 is 2.62 bits per heavy atom. The van der Waals surface area contributed by atoms with Crippen LogP contribution in [0.2, 0.25) is 0 Å². The molecule has 0 saturated carbocycles. The van der Waals surface area contributed by atoms with Crippen LogP contribution in [0, 0.1) is 0 Å². The lowest BCUT2D eigenvalue weighted by molar-refractivity contribution is 0.0952. The Morgan fingerprint density at radius 1 is 1.08 bits per heavy atom. The molecule has 0 saturated heterocycles. The first-order chi connectivity index (χ1) is 11.6. The molecule has 2 aromatic carbocycles. The number of hydrogen-bond donors (Lipinski definition) is 1. The van der Waals surface area contributed by atoms with Gasteiger partial charge in [-0.3, -0.25) is 9.78 Å². The van der Waals surface area contributed by atoms with Crippen LogP contribution in [0.25, 0.3) is 22.3 Å². The summed E-state index contributed by atoms with van der Waals surface area (Å²) in [6.07, 6.45) is 1.74. The maximum Gasteiger partial charge on any atom is 0.253 e. The molecule has 0 atom stereocenters. The molecule has 122 valence electrons.